The smallest absolute Gasteiger partial charge is 0.171 e. The molecule has 0 aliphatic rings. The van der Waals surface area contributed by atoms with Crippen molar-refractivity contribution in [2.75, 3.05) is 0 Å². The van der Waals surface area contributed by atoms with Gasteiger partial charge >= 0.3 is 6.18 Å². The molecule has 88 valence electrons. The highest BCUT2D eigenvalue weighted by Gasteiger charge is 2.24. The first-order chi connectivity index (χ1) is 7.40. The zero-order chi connectivity index (χ0) is 12.2. The summed E-state index contributed by atoms with van der Waals surface area (Å²) in [6, 6.07) is 7.51. The first-order valence-corrected chi connectivity index (χ1v) is 5.22. The molecular formula is C13H15F3. The number of benzene rings is 1. The van der Waals surface area contributed by atoms with Crippen LogP contribution in [0, 0.1) is 0 Å². The molecule has 0 heterocycles. The van der Waals surface area contributed by atoms with Crippen LogP contribution in [0.2, 0.25) is 0 Å². The Morgan fingerprint density at radius 2 is 1.81 bits per heavy atom. The highest BCUT2D eigenvalue weighted by atomic mass is 19.4. The first-order valence-electron chi connectivity index (χ1n) is 5.22. The molecule has 1 aromatic carbocycles. The van der Waals surface area contributed by atoms with Gasteiger partial charge < -0.3 is 0 Å². The molecule has 0 saturated carbocycles. The van der Waals surface area contributed by atoms with Crippen molar-refractivity contribution in [3.63, 3.8) is 0 Å². The van der Waals surface area contributed by atoms with Gasteiger partial charge in [0.2, 0.25) is 0 Å². The lowest BCUT2D eigenvalue weighted by atomic mass is 9.97. The minimum atomic E-state index is -4.12. The standard InChI is InChI=1S/C13H15F3/c1-10(2)12-8-4-3-6-11(12)7-5-9-13(14,15)16/h3-8,10H,9H2,1-2H3. The van der Waals surface area contributed by atoms with Gasteiger partial charge in [0.05, 0.1) is 6.42 Å². The van der Waals surface area contributed by atoms with Gasteiger partial charge in [-0.1, -0.05) is 50.3 Å². The van der Waals surface area contributed by atoms with Gasteiger partial charge in [0.25, 0.3) is 0 Å². The van der Waals surface area contributed by atoms with Crippen molar-refractivity contribution in [1.29, 1.82) is 0 Å². The summed E-state index contributed by atoms with van der Waals surface area (Å²) >= 11 is 0. The topological polar surface area (TPSA) is 0 Å². The second-order valence-corrected chi connectivity index (χ2v) is 4.01. The fourth-order valence-corrected chi connectivity index (χ4v) is 1.51. The minimum absolute atomic E-state index is 0.312. The quantitative estimate of drug-likeness (QED) is 0.698. The van der Waals surface area contributed by atoms with Gasteiger partial charge in [-0.3, -0.25) is 0 Å². The molecule has 0 amide bonds. The van der Waals surface area contributed by atoms with Gasteiger partial charge in [-0.05, 0) is 17.0 Å². The normalized spacial score (nSPS) is 12.6. The number of hydrogen-bond acceptors (Lipinski definition) is 0. The maximum absolute atomic E-state index is 12.0. The van der Waals surface area contributed by atoms with E-state index < -0.39 is 12.6 Å². The summed E-state index contributed by atoms with van der Waals surface area (Å²) in [5.41, 5.74) is 1.93. The van der Waals surface area contributed by atoms with Crippen molar-refractivity contribution in [3.8, 4) is 0 Å². The average molecular weight is 228 g/mol. The van der Waals surface area contributed by atoms with Gasteiger partial charge in [0, 0.05) is 0 Å². The highest BCUT2D eigenvalue weighted by molar-refractivity contribution is 5.54. The molecule has 1 aromatic rings. The molecule has 0 aromatic heterocycles. The molecule has 0 radical (unpaired) electrons. The van der Waals surface area contributed by atoms with E-state index in [2.05, 4.69) is 0 Å². The first kappa shape index (κ1) is 12.8. The second-order valence-electron chi connectivity index (χ2n) is 4.01. The van der Waals surface area contributed by atoms with E-state index in [4.69, 9.17) is 0 Å². The molecule has 16 heavy (non-hydrogen) atoms. The van der Waals surface area contributed by atoms with Crippen LogP contribution in [0.4, 0.5) is 13.2 Å². The highest BCUT2D eigenvalue weighted by Crippen LogP contribution is 2.23. The molecule has 0 aliphatic carbocycles. The molecule has 0 saturated heterocycles. The zero-order valence-corrected chi connectivity index (χ0v) is 9.38. The molecule has 0 N–H and O–H groups in total. The van der Waals surface area contributed by atoms with E-state index in [9.17, 15) is 13.2 Å². The second kappa shape index (κ2) is 5.19. The van der Waals surface area contributed by atoms with Crippen LogP contribution >= 0.6 is 0 Å². The number of alkyl halides is 3. The third-order valence-corrected chi connectivity index (χ3v) is 2.26. The lowest BCUT2D eigenvalue weighted by Gasteiger charge is -2.09. The predicted octanol–water partition coefficient (Wildman–Crippen LogP) is 4.78. The van der Waals surface area contributed by atoms with E-state index in [1.807, 2.05) is 38.1 Å². The molecule has 0 unspecified atom stereocenters. The molecule has 0 fully saturated rings. The lowest BCUT2D eigenvalue weighted by molar-refractivity contribution is -0.124. The van der Waals surface area contributed by atoms with Crippen molar-refractivity contribution >= 4 is 6.08 Å². The Morgan fingerprint density at radius 3 is 2.38 bits per heavy atom. The maximum atomic E-state index is 12.0. The Morgan fingerprint density at radius 1 is 1.19 bits per heavy atom. The van der Waals surface area contributed by atoms with Gasteiger partial charge in [-0.25, -0.2) is 0 Å². The van der Waals surface area contributed by atoms with Crippen molar-refractivity contribution in [1.82, 2.24) is 0 Å². The molecule has 0 nitrogen and oxygen atoms in total. The third kappa shape index (κ3) is 4.09. The number of allylic oxidation sites excluding steroid dienone is 1. The van der Waals surface area contributed by atoms with Crippen LogP contribution in [0.25, 0.3) is 6.08 Å². The van der Waals surface area contributed by atoms with Gasteiger partial charge in [-0.2, -0.15) is 13.2 Å². The lowest BCUT2D eigenvalue weighted by Crippen LogP contribution is -2.04. The molecular weight excluding hydrogens is 213 g/mol. The Bertz CT molecular complexity index is 362. The summed E-state index contributed by atoms with van der Waals surface area (Å²) in [4.78, 5) is 0. The third-order valence-electron chi connectivity index (χ3n) is 2.26. The SMILES string of the molecule is CC(C)c1ccccc1C=CCC(F)(F)F. The van der Waals surface area contributed by atoms with Crippen LogP contribution < -0.4 is 0 Å². The van der Waals surface area contributed by atoms with Crippen molar-refractivity contribution in [2.45, 2.75) is 32.4 Å². The van der Waals surface area contributed by atoms with Crippen LogP contribution in [0.15, 0.2) is 30.3 Å². The van der Waals surface area contributed by atoms with Crippen LogP contribution in [0.5, 0.6) is 0 Å². The average Bonchev–Trinajstić information content (AvgIpc) is 2.16. The summed E-state index contributed by atoms with van der Waals surface area (Å²) in [7, 11) is 0. The van der Waals surface area contributed by atoms with E-state index in [1.165, 1.54) is 6.08 Å². The van der Waals surface area contributed by atoms with E-state index in [-0.39, 0.29) is 0 Å². The fourth-order valence-electron chi connectivity index (χ4n) is 1.51. The summed E-state index contributed by atoms with van der Waals surface area (Å²) in [6.07, 6.45) is -2.28. The van der Waals surface area contributed by atoms with Crippen LogP contribution in [0.3, 0.4) is 0 Å². The Hall–Kier alpha value is -1.25. The van der Waals surface area contributed by atoms with Crippen LogP contribution in [-0.2, 0) is 0 Å². The predicted molar refractivity (Wildman–Crippen MR) is 60.2 cm³/mol. The number of rotatable bonds is 3. The molecule has 3 heteroatoms. The van der Waals surface area contributed by atoms with Gasteiger partial charge in [-0.15, -0.1) is 0 Å². The molecule has 0 spiro atoms. The van der Waals surface area contributed by atoms with E-state index in [0.717, 1.165) is 11.1 Å². The van der Waals surface area contributed by atoms with Crippen LogP contribution in [-0.4, -0.2) is 6.18 Å². The largest absolute Gasteiger partial charge is 0.392 e. The van der Waals surface area contributed by atoms with Crippen molar-refractivity contribution in [2.24, 2.45) is 0 Å². The zero-order valence-electron chi connectivity index (χ0n) is 9.38. The van der Waals surface area contributed by atoms with Crippen molar-refractivity contribution in [3.05, 3.63) is 41.5 Å². The minimum Gasteiger partial charge on any atom is -0.171 e. The molecule has 0 aliphatic heterocycles. The number of hydrogen-bond donors (Lipinski definition) is 0. The Kier molecular flexibility index (Phi) is 4.16. The Labute approximate surface area is 93.8 Å². The molecule has 1 rings (SSSR count). The van der Waals surface area contributed by atoms with Crippen molar-refractivity contribution < 1.29 is 13.2 Å². The number of halogens is 3. The monoisotopic (exact) mass is 228 g/mol. The summed E-state index contributed by atoms with van der Waals surface area (Å²) in [5, 5.41) is 0. The summed E-state index contributed by atoms with van der Waals surface area (Å²) in [6.45, 7) is 4.05. The Balaban J connectivity index is 2.81. The fraction of sp³-hybridized carbons (Fsp3) is 0.385. The van der Waals surface area contributed by atoms with E-state index in [1.54, 1.807) is 6.08 Å². The van der Waals surface area contributed by atoms with Gasteiger partial charge in [0.1, 0.15) is 0 Å². The summed E-state index contributed by atoms with van der Waals surface area (Å²) in [5.74, 6) is 0.312. The van der Waals surface area contributed by atoms with Crippen LogP contribution in [0.1, 0.15) is 37.3 Å². The molecule has 0 bridgehead atoms. The summed E-state index contributed by atoms with van der Waals surface area (Å²) < 4.78 is 35.9. The maximum Gasteiger partial charge on any atom is 0.392 e. The van der Waals surface area contributed by atoms with E-state index >= 15 is 0 Å². The van der Waals surface area contributed by atoms with E-state index in [0.29, 0.717) is 5.92 Å². The molecule has 0 atom stereocenters. The van der Waals surface area contributed by atoms with Gasteiger partial charge in [0.15, 0.2) is 0 Å².